The Balaban J connectivity index is 3.41. The molecular formula is C8H4BrF3N2. The molecule has 0 aliphatic heterocycles. The zero-order chi connectivity index (χ0) is 10.7. The largest absolute Gasteiger partial charge is 0.268 e. The fourth-order valence-corrected chi connectivity index (χ4v) is 1.33. The maximum absolute atomic E-state index is 13.2. The number of nitriles is 1. The number of nitrogens with zero attached hydrogens (tertiary/aromatic N) is 2. The van der Waals surface area contributed by atoms with E-state index in [-0.39, 0.29) is 11.0 Å². The molecule has 14 heavy (non-hydrogen) atoms. The molecule has 0 N–H and O–H groups in total. The van der Waals surface area contributed by atoms with Crippen molar-refractivity contribution in [1.82, 2.24) is 4.98 Å². The molecule has 0 fully saturated rings. The van der Waals surface area contributed by atoms with Gasteiger partial charge < -0.3 is 0 Å². The van der Waals surface area contributed by atoms with E-state index in [2.05, 4.69) is 20.9 Å². The summed E-state index contributed by atoms with van der Waals surface area (Å²) in [6, 6.07) is 1.47. The Bertz CT molecular complexity index is 387. The van der Waals surface area contributed by atoms with Crippen molar-refractivity contribution in [3.63, 3.8) is 0 Å². The van der Waals surface area contributed by atoms with Crippen LogP contribution in [0.4, 0.5) is 13.2 Å². The van der Waals surface area contributed by atoms with Crippen molar-refractivity contribution in [3.05, 3.63) is 28.8 Å². The lowest BCUT2D eigenvalue weighted by atomic mass is 10.1. The molecule has 74 valence electrons. The van der Waals surface area contributed by atoms with Gasteiger partial charge in [-0.25, -0.2) is 13.2 Å². The van der Waals surface area contributed by atoms with Gasteiger partial charge in [0.15, 0.2) is 5.82 Å². The van der Waals surface area contributed by atoms with Crippen LogP contribution in [-0.2, 0) is 5.33 Å². The topological polar surface area (TPSA) is 36.7 Å². The summed E-state index contributed by atoms with van der Waals surface area (Å²) in [4.78, 5) is 3.53. The van der Waals surface area contributed by atoms with Gasteiger partial charge in [0.2, 0.25) is 0 Å². The highest BCUT2D eigenvalue weighted by Gasteiger charge is 2.21. The van der Waals surface area contributed by atoms with E-state index < -0.39 is 23.4 Å². The fourth-order valence-electron chi connectivity index (χ4n) is 0.938. The van der Waals surface area contributed by atoms with Gasteiger partial charge in [0.25, 0.3) is 6.43 Å². The summed E-state index contributed by atoms with van der Waals surface area (Å²) in [7, 11) is 0. The van der Waals surface area contributed by atoms with Gasteiger partial charge in [-0.15, -0.1) is 0 Å². The number of pyridine rings is 1. The van der Waals surface area contributed by atoms with Crippen molar-refractivity contribution in [1.29, 1.82) is 5.26 Å². The maximum Gasteiger partial charge on any atom is 0.268 e. The minimum Gasteiger partial charge on any atom is -0.256 e. The van der Waals surface area contributed by atoms with Gasteiger partial charge in [-0.2, -0.15) is 5.26 Å². The SMILES string of the molecule is N#Cc1cnc(CBr)c(F)c1C(F)F. The smallest absolute Gasteiger partial charge is 0.256 e. The zero-order valence-corrected chi connectivity index (χ0v) is 8.35. The molecule has 0 unspecified atom stereocenters. The molecule has 0 spiro atoms. The van der Waals surface area contributed by atoms with E-state index in [1.54, 1.807) is 0 Å². The summed E-state index contributed by atoms with van der Waals surface area (Å²) in [6.07, 6.45) is -2.06. The number of halogens is 4. The Morgan fingerprint density at radius 3 is 2.64 bits per heavy atom. The highest BCUT2D eigenvalue weighted by atomic mass is 79.9. The quantitative estimate of drug-likeness (QED) is 0.771. The van der Waals surface area contributed by atoms with Crippen LogP contribution in [0.25, 0.3) is 0 Å². The summed E-state index contributed by atoms with van der Waals surface area (Å²) in [5.41, 5.74) is -1.43. The third-order valence-corrected chi connectivity index (χ3v) is 2.13. The van der Waals surface area contributed by atoms with Gasteiger partial charge >= 0.3 is 0 Å². The van der Waals surface area contributed by atoms with Gasteiger partial charge in [-0.3, -0.25) is 4.98 Å². The second kappa shape index (κ2) is 4.42. The van der Waals surface area contributed by atoms with Crippen molar-refractivity contribution >= 4 is 15.9 Å². The molecule has 0 aromatic carbocycles. The lowest BCUT2D eigenvalue weighted by Crippen LogP contribution is -2.02. The molecule has 2 nitrogen and oxygen atoms in total. The van der Waals surface area contributed by atoms with E-state index in [9.17, 15) is 13.2 Å². The molecule has 0 aliphatic carbocycles. The molecule has 1 rings (SSSR count). The van der Waals surface area contributed by atoms with Crippen molar-refractivity contribution in [2.75, 3.05) is 0 Å². The first-order valence-electron chi connectivity index (χ1n) is 3.53. The molecule has 0 saturated carbocycles. The molecular weight excluding hydrogens is 261 g/mol. The zero-order valence-electron chi connectivity index (χ0n) is 6.77. The maximum atomic E-state index is 13.2. The van der Waals surface area contributed by atoms with Crippen molar-refractivity contribution in [3.8, 4) is 6.07 Å². The predicted octanol–water partition coefficient (Wildman–Crippen LogP) is 2.92. The molecule has 1 aromatic heterocycles. The van der Waals surface area contributed by atoms with Gasteiger partial charge in [0.1, 0.15) is 6.07 Å². The first-order chi connectivity index (χ1) is 6.61. The van der Waals surface area contributed by atoms with Crippen LogP contribution in [-0.4, -0.2) is 4.98 Å². The first-order valence-corrected chi connectivity index (χ1v) is 4.65. The summed E-state index contributed by atoms with van der Waals surface area (Å²) < 4.78 is 38.0. The molecule has 1 aromatic rings. The average Bonchev–Trinajstić information content (AvgIpc) is 2.16. The van der Waals surface area contributed by atoms with Crippen LogP contribution in [0.2, 0.25) is 0 Å². The molecule has 0 saturated heterocycles. The molecule has 0 amide bonds. The number of hydrogen-bond donors (Lipinski definition) is 0. The third-order valence-electron chi connectivity index (χ3n) is 1.59. The summed E-state index contributed by atoms with van der Waals surface area (Å²) in [5.74, 6) is -1.11. The Morgan fingerprint density at radius 2 is 2.21 bits per heavy atom. The van der Waals surface area contributed by atoms with Gasteiger partial charge in [-0.05, 0) is 0 Å². The van der Waals surface area contributed by atoms with Crippen LogP contribution >= 0.6 is 15.9 Å². The molecule has 0 aliphatic rings. The normalized spacial score (nSPS) is 10.3. The summed E-state index contributed by atoms with van der Waals surface area (Å²) in [6.45, 7) is 0. The van der Waals surface area contributed by atoms with Crippen molar-refractivity contribution < 1.29 is 13.2 Å². The van der Waals surface area contributed by atoms with E-state index in [0.717, 1.165) is 6.20 Å². The number of rotatable bonds is 2. The number of alkyl halides is 3. The van der Waals surface area contributed by atoms with E-state index >= 15 is 0 Å². The monoisotopic (exact) mass is 264 g/mol. The van der Waals surface area contributed by atoms with Gasteiger partial charge in [0, 0.05) is 11.5 Å². The third kappa shape index (κ3) is 1.87. The van der Waals surface area contributed by atoms with E-state index in [0.29, 0.717) is 0 Å². The van der Waals surface area contributed by atoms with Gasteiger partial charge in [0.05, 0.1) is 16.8 Å². The van der Waals surface area contributed by atoms with Crippen LogP contribution in [0.5, 0.6) is 0 Å². The Morgan fingerprint density at radius 1 is 1.57 bits per heavy atom. The lowest BCUT2D eigenvalue weighted by Gasteiger charge is -2.06. The van der Waals surface area contributed by atoms with Gasteiger partial charge in [-0.1, -0.05) is 15.9 Å². The standard InChI is InChI=1S/C8H4BrF3N2/c9-1-5-7(10)6(8(11)12)4(2-13)3-14-5/h3,8H,1H2. The molecule has 6 heteroatoms. The highest BCUT2D eigenvalue weighted by molar-refractivity contribution is 9.08. The molecule has 1 heterocycles. The van der Waals surface area contributed by atoms with Crippen LogP contribution in [0.1, 0.15) is 23.2 Å². The highest BCUT2D eigenvalue weighted by Crippen LogP contribution is 2.27. The van der Waals surface area contributed by atoms with E-state index in [1.165, 1.54) is 6.07 Å². The summed E-state index contributed by atoms with van der Waals surface area (Å²) >= 11 is 2.91. The molecule has 0 atom stereocenters. The average molecular weight is 265 g/mol. The Hall–Kier alpha value is -1.09. The molecule has 0 radical (unpaired) electrons. The Labute approximate surface area is 86.5 Å². The lowest BCUT2D eigenvalue weighted by molar-refractivity contribution is 0.145. The minimum atomic E-state index is -3.01. The van der Waals surface area contributed by atoms with E-state index in [4.69, 9.17) is 5.26 Å². The number of aromatic nitrogens is 1. The molecule has 0 bridgehead atoms. The summed E-state index contributed by atoms with van der Waals surface area (Å²) in [5, 5.41) is 8.49. The first kappa shape index (κ1) is 11.0. The van der Waals surface area contributed by atoms with Crippen LogP contribution in [0.15, 0.2) is 6.20 Å². The van der Waals surface area contributed by atoms with Crippen LogP contribution in [0.3, 0.4) is 0 Å². The van der Waals surface area contributed by atoms with Crippen LogP contribution in [0, 0.1) is 17.1 Å². The minimum absolute atomic E-state index is 0.0320. The van der Waals surface area contributed by atoms with Crippen LogP contribution < -0.4 is 0 Å². The van der Waals surface area contributed by atoms with Crippen molar-refractivity contribution in [2.24, 2.45) is 0 Å². The Kier molecular flexibility index (Phi) is 3.47. The number of hydrogen-bond acceptors (Lipinski definition) is 2. The van der Waals surface area contributed by atoms with E-state index in [1.807, 2.05) is 0 Å². The second-order valence-corrected chi connectivity index (χ2v) is 2.95. The fraction of sp³-hybridized carbons (Fsp3) is 0.250. The predicted molar refractivity (Wildman–Crippen MR) is 46.5 cm³/mol. The van der Waals surface area contributed by atoms with Crippen molar-refractivity contribution in [2.45, 2.75) is 11.8 Å². The second-order valence-electron chi connectivity index (χ2n) is 2.39.